The first-order valence-electron chi connectivity index (χ1n) is 5.91. The molecule has 1 saturated heterocycles. The maximum atomic E-state index is 11.9. The molecule has 0 N–H and O–H groups in total. The SMILES string of the molecule is CC1COC(=O)C2(CCCC(=O)O1)CC2C. The fourth-order valence-electron chi connectivity index (χ4n) is 2.42. The second-order valence-corrected chi connectivity index (χ2v) is 5.01. The van der Waals surface area contributed by atoms with E-state index in [1.807, 2.05) is 0 Å². The van der Waals surface area contributed by atoms with Crippen LogP contribution in [0.5, 0.6) is 0 Å². The molecule has 1 aliphatic heterocycles. The normalized spacial score (nSPS) is 40.1. The van der Waals surface area contributed by atoms with Crippen LogP contribution in [0.2, 0.25) is 0 Å². The molecule has 0 aromatic rings. The minimum Gasteiger partial charge on any atom is -0.461 e. The Labute approximate surface area is 95.3 Å². The van der Waals surface area contributed by atoms with Crippen LogP contribution in [-0.4, -0.2) is 24.6 Å². The number of hydrogen-bond donors (Lipinski definition) is 0. The van der Waals surface area contributed by atoms with Crippen molar-refractivity contribution in [1.82, 2.24) is 0 Å². The Balaban J connectivity index is 2.03. The monoisotopic (exact) mass is 226 g/mol. The van der Waals surface area contributed by atoms with Crippen molar-refractivity contribution in [1.29, 1.82) is 0 Å². The van der Waals surface area contributed by atoms with E-state index in [4.69, 9.17) is 9.47 Å². The van der Waals surface area contributed by atoms with Gasteiger partial charge in [-0.2, -0.15) is 0 Å². The Bertz CT molecular complexity index is 312. The number of cyclic esters (lactones) is 2. The van der Waals surface area contributed by atoms with E-state index < -0.39 is 0 Å². The van der Waals surface area contributed by atoms with Crippen LogP contribution in [0.1, 0.15) is 39.5 Å². The zero-order valence-electron chi connectivity index (χ0n) is 9.82. The minimum absolute atomic E-state index is 0.107. The Hall–Kier alpha value is -1.06. The molecule has 90 valence electrons. The quantitative estimate of drug-likeness (QED) is 0.590. The van der Waals surface area contributed by atoms with Gasteiger partial charge in [0.1, 0.15) is 12.7 Å². The van der Waals surface area contributed by atoms with Gasteiger partial charge in [-0.1, -0.05) is 6.92 Å². The third-order valence-electron chi connectivity index (χ3n) is 3.65. The third-order valence-corrected chi connectivity index (χ3v) is 3.65. The molecule has 2 aliphatic rings. The molecule has 4 heteroatoms. The number of hydrogen-bond acceptors (Lipinski definition) is 4. The zero-order valence-corrected chi connectivity index (χ0v) is 9.82. The summed E-state index contributed by atoms with van der Waals surface area (Å²) in [6, 6.07) is 0. The molecule has 2 fully saturated rings. The van der Waals surface area contributed by atoms with Gasteiger partial charge in [-0.3, -0.25) is 9.59 Å². The van der Waals surface area contributed by atoms with E-state index in [-0.39, 0.29) is 30.1 Å². The standard InChI is InChI=1S/C12H18O4/c1-8-6-12(8)5-3-4-10(13)16-9(2)7-15-11(12)14/h8-9H,3-7H2,1-2H3. The van der Waals surface area contributed by atoms with Crippen LogP contribution in [0.3, 0.4) is 0 Å². The molecule has 3 atom stereocenters. The Morgan fingerprint density at radius 1 is 1.31 bits per heavy atom. The number of carbonyl (C=O) groups is 2. The molecule has 0 aromatic carbocycles. The Morgan fingerprint density at radius 2 is 2.00 bits per heavy atom. The smallest absolute Gasteiger partial charge is 0.312 e. The molecule has 0 bridgehead atoms. The largest absolute Gasteiger partial charge is 0.461 e. The summed E-state index contributed by atoms with van der Waals surface area (Å²) in [5.74, 6) is 0.101. The fraction of sp³-hybridized carbons (Fsp3) is 0.833. The minimum atomic E-state index is -0.333. The third kappa shape index (κ3) is 2.06. The van der Waals surface area contributed by atoms with Gasteiger partial charge >= 0.3 is 11.9 Å². The van der Waals surface area contributed by atoms with Crippen molar-refractivity contribution in [2.45, 2.75) is 45.6 Å². The molecule has 0 radical (unpaired) electrons. The van der Waals surface area contributed by atoms with E-state index in [0.29, 0.717) is 18.8 Å². The lowest BCUT2D eigenvalue weighted by Gasteiger charge is -2.20. The van der Waals surface area contributed by atoms with E-state index in [1.54, 1.807) is 6.92 Å². The highest BCUT2D eigenvalue weighted by atomic mass is 16.6. The van der Waals surface area contributed by atoms with Crippen molar-refractivity contribution in [3.05, 3.63) is 0 Å². The molecule has 1 spiro atoms. The van der Waals surface area contributed by atoms with Gasteiger partial charge in [-0.05, 0) is 32.1 Å². The summed E-state index contributed by atoms with van der Waals surface area (Å²) in [5, 5.41) is 0. The molecule has 0 amide bonds. The first-order valence-corrected chi connectivity index (χ1v) is 5.91. The lowest BCUT2D eigenvalue weighted by Crippen LogP contribution is -2.29. The van der Waals surface area contributed by atoms with Crippen molar-refractivity contribution < 1.29 is 19.1 Å². The second kappa shape index (κ2) is 4.07. The Kier molecular flexibility index (Phi) is 2.91. The summed E-state index contributed by atoms with van der Waals surface area (Å²) in [6.07, 6.45) is 2.43. The maximum absolute atomic E-state index is 11.9. The van der Waals surface area contributed by atoms with Crippen LogP contribution in [0.25, 0.3) is 0 Å². The van der Waals surface area contributed by atoms with Crippen molar-refractivity contribution >= 4 is 11.9 Å². The average molecular weight is 226 g/mol. The van der Waals surface area contributed by atoms with Gasteiger partial charge in [0.25, 0.3) is 0 Å². The fourth-order valence-corrected chi connectivity index (χ4v) is 2.42. The molecule has 1 saturated carbocycles. The van der Waals surface area contributed by atoms with E-state index >= 15 is 0 Å². The molecule has 2 rings (SSSR count). The summed E-state index contributed by atoms with van der Waals surface area (Å²) in [4.78, 5) is 23.2. The number of rotatable bonds is 0. The van der Waals surface area contributed by atoms with Crippen molar-refractivity contribution in [3.8, 4) is 0 Å². The average Bonchev–Trinajstić information content (AvgIpc) is 2.86. The molecular formula is C12H18O4. The van der Waals surface area contributed by atoms with E-state index in [1.165, 1.54) is 0 Å². The topological polar surface area (TPSA) is 52.6 Å². The van der Waals surface area contributed by atoms with Gasteiger partial charge in [0.15, 0.2) is 0 Å². The number of esters is 2. The predicted octanol–water partition coefficient (Wildman–Crippen LogP) is 1.67. The van der Waals surface area contributed by atoms with Crippen molar-refractivity contribution in [2.75, 3.05) is 6.61 Å². The summed E-state index contributed by atoms with van der Waals surface area (Å²) < 4.78 is 10.3. The van der Waals surface area contributed by atoms with Crippen LogP contribution in [0.15, 0.2) is 0 Å². The van der Waals surface area contributed by atoms with Gasteiger partial charge < -0.3 is 9.47 Å². The maximum Gasteiger partial charge on any atom is 0.312 e. The van der Waals surface area contributed by atoms with Crippen molar-refractivity contribution in [2.24, 2.45) is 11.3 Å². The van der Waals surface area contributed by atoms with E-state index in [0.717, 1.165) is 12.8 Å². The summed E-state index contributed by atoms with van der Waals surface area (Å²) in [6.45, 7) is 3.99. The first kappa shape index (κ1) is 11.4. The predicted molar refractivity (Wildman–Crippen MR) is 56.6 cm³/mol. The number of ether oxygens (including phenoxy) is 2. The van der Waals surface area contributed by atoms with Gasteiger partial charge in [-0.15, -0.1) is 0 Å². The molecule has 0 aromatic heterocycles. The zero-order chi connectivity index (χ0) is 11.8. The van der Waals surface area contributed by atoms with Crippen LogP contribution in [-0.2, 0) is 19.1 Å². The molecular weight excluding hydrogens is 208 g/mol. The van der Waals surface area contributed by atoms with Crippen LogP contribution < -0.4 is 0 Å². The summed E-state index contributed by atoms with van der Waals surface area (Å²) in [7, 11) is 0. The second-order valence-electron chi connectivity index (χ2n) is 5.01. The van der Waals surface area contributed by atoms with Gasteiger partial charge in [0.05, 0.1) is 5.41 Å². The van der Waals surface area contributed by atoms with Gasteiger partial charge in [0.2, 0.25) is 0 Å². The molecule has 1 heterocycles. The lowest BCUT2D eigenvalue weighted by atomic mass is 9.96. The Morgan fingerprint density at radius 3 is 2.62 bits per heavy atom. The molecule has 1 aliphatic carbocycles. The van der Waals surface area contributed by atoms with Crippen LogP contribution >= 0.6 is 0 Å². The first-order chi connectivity index (χ1) is 7.54. The highest BCUT2D eigenvalue weighted by Crippen LogP contribution is 2.56. The summed E-state index contributed by atoms with van der Waals surface area (Å²) >= 11 is 0. The van der Waals surface area contributed by atoms with Crippen molar-refractivity contribution in [3.63, 3.8) is 0 Å². The number of carbonyl (C=O) groups excluding carboxylic acids is 2. The molecule has 4 nitrogen and oxygen atoms in total. The lowest BCUT2D eigenvalue weighted by molar-refractivity contribution is -0.164. The van der Waals surface area contributed by atoms with Gasteiger partial charge in [0, 0.05) is 6.42 Å². The van der Waals surface area contributed by atoms with E-state index in [2.05, 4.69) is 6.92 Å². The van der Waals surface area contributed by atoms with E-state index in [9.17, 15) is 9.59 Å². The summed E-state index contributed by atoms with van der Waals surface area (Å²) in [5.41, 5.74) is -0.294. The van der Waals surface area contributed by atoms with Gasteiger partial charge in [-0.25, -0.2) is 0 Å². The van der Waals surface area contributed by atoms with Crippen LogP contribution in [0.4, 0.5) is 0 Å². The highest BCUT2D eigenvalue weighted by Gasteiger charge is 2.58. The highest BCUT2D eigenvalue weighted by molar-refractivity contribution is 5.80. The molecule has 3 unspecified atom stereocenters. The molecule has 16 heavy (non-hydrogen) atoms. The van der Waals surface area contributed by atoms with Crippen LogP contribution in [0, 0.1) is 11.3 Å².